The van der Waals surface area contributed by atoms with Gasteiger partial charge < -0.3 is 19.9 Å². The Kier molecular flexibility index (Phi) is 7.61. The van der Waals surface area contributed by atoms with E-state index in [0.29, 0.717) is 18.2 Å². The first-order valence-corrected chi connectivity index (χ1v) is 12.0. The highest BCUT2D eigenvalue weighted by Gasteiger charge is 2.21. The molecular formula is C24H28FN5O2S. The second kappa shape index (κ2) is 10.8. The number of benzene rings is 2. The Morgan fingerprint density at radius 1 is 1.21 bits per heavy atom. The van der Waals surface area contributed by atoms with Crippen LogP contribution in [0.5, 0.6) is 0 Å². The lowest BCUT2D eigenvalue weighted by molar-refractivity contribution is -0.113. The van der Waals surface area contributed by atoms with E-state index in [1.165, 1.54) is 23.9 Å². The minimum Gasteiger partial charge on any atom is -0.378 e. The molecule has 33 heavy (non-hydrogen) atoms. The van der Waals surface area contributed by atoms with Gasteiger partial charge in [-0.3, -0.25) is 4.79 Å². The lowest BCUT2D eigenvalue weighted by Crippen LogP contribution is -2.20. The Bertz CT molecular complexity index is 1100. The molecule has 0 aliphatic carbocycles. The summed E-state index contributed by atoms with van der Waals surface area (Å²) in [7, 11) is 0. The minimum absolute atomic E-state index is 0.0913. The van der Waals surface area contributed by atoms with E-state index < -0.39 is 0 Å². The molecule has 1 aliphatic heterocycles. The lowest BCUT2D eigenvalue weighted by atomic mass is 10.1. The number of hydrogen-bond acceptors (Lipinski definition) is 6. The first kappa shape index (κ1) is 23.3. The van der Waals surface area contributed by atoms with Crippen molar-refractivity contribution in [2.45, 2.75) is 51.0 Å². The lowest BCUT2D eigenvalue weighted by Gasteiger charge is -2.15. The van der Waals surface area contributed by atoms with Gasteiger partial charge in [-0.2, -0.15) is 0 Å². The number of carbonyl (C=O) groups excluding carboxylic acids is 1. The predicted octanol–water partition coefficient (Wildman–Crippen LogP) is 4.56. The molecule has 0 unspecified atom stereocenters. The number of halogens is 1. The normalized spacial score (nSPS) is 15.5. The average molecular weight is 470 g/mol. The van der Waals surface area contributed by atoms with Gasteiger partial charge in [-0.05, 0) is 68.1 Å². The number of anilines is 2. The summed E-state index contributed by atoms with van der Waals surface area (Å²) in [5, 5.41) is 15.6. The molecule has 1 amide bonds. The van der Waals surface area contributed by atoms with Crippen LogP contribution >= 0.6 is 11.8 Å². The zero-order valence-corrected chi connectivity index (χ0v) is 19.6. The van der Waals surface area contributed by atoms with E-state index in [9.17, 15) is 9.18 Å². The third-order valence-corrected chi connectivity index (χ3v) is 6.46. The van der Waals surface area contributed by atoms with Crippen LogP contribution in [-0.4, -0.2) is 39.1 Å². The van der Waals surface area contributed by atoms with Gasteiger partial charge >= 0.3 is 0 Å². The van der Waals surface area contributed by atoms with Crippen molar-refractivity contribution in [1.82, 2.24) is 14.8 Å². The first-order valence-electron chi connectivity index (χ1n) is 11.0. The molecule has 0 bridgehead atoms. The Balaban J connectivity index is 1.42. The molecule has 2 heterocycles. The third-order valence-electron chi connectivity index (χ3n) is 5.50. The number of nitrogens with one attached hydrogen (secondary N) is 2. The van der Waals surface area contributed by atoms with E-state index in [1.807, 2.05) is 36.6 Å². The zero-order chi connectivity index (χ0) is 23.2. The Morgan fingerprint density at radius 2 is 2.03 bits per heavy atom. The number of nitrogens with zero attached hydrogens (tertiary/aromatic N) is 3. The van der Waals surface area contributed by atoms with Gasteiger partial charge in [0.15, 0.2) is 11.0 Å². The van der Waals surface area contributed by atoms with Crippen molar-refractivity contribution in [3.8, 4) is 0 Å². The summed E-state index contributed by atoms with van der Waals surface area (Å²) in [5.74, 6) is 0.598. The van der Waals surface area contributed by atoms with Gasteiger partial charge in [-0.1, -0.05) is 23.9 Å². The standard InChI is InChI=1S/C24H28FN5O2S/c1-16-5-6-17(2)21(12-16)27-23(31)15-33-24-29-28-22(30(24)14-20-4-3-11-32-20)13-26-19-9-7-18(25)8-10-19/h5-10,12,20,26H,3-4,11,13-15H2,1-2H3,(H,27,31)/t20-/m0/s1. The van der Waals surface area contributed by atoms with Gasteiger partial charge in [0.05, 0.1) is 24.9 Å². The second-order valence-corrected chi connectivity index (χ2v) is 9.10. The third kappa shape index (κ3) is 6.33. The quantitative estimate of drug-likeness (QED) is 0.448. The molecule has 2 N–H and O–H groups in total. The molecule has 9 heteroatoms. The van der Waals surface area contributed by atoms with E-state index in [-0.39, 0.29) is 23.6 Å². The van der Waals surface area contributed by atoms with Gasteiger partial charge in [-0.25, -0.2) is 4.39 Å². The number of aromatic nitrogens is 3. The molecule has 7 nitrogen and oxygen atoms in total. The zero-order valence-electron chi connectivity index (χ0n) is 18.8. The van der Waals surface area contributed by atoms with Crippen LogP contribution in [0.4, 0.5) is 15.8 Å². The second-order valence-electron chi connectivity index (χ2n) is 8.16. The van der Waals surface area contributed by atoms with Crippen molar-refractivity contribution >= 4 is 29.0 Å². The maximum Gasteiger partial charge on any atom is 0.234 e. The number of aryl methyl sites for hydroxylation is 2. The van der Waals surface area contributed by atoms with Crippen molar-refractivity contribution < 1.29 is 13.9 Å². The number of ether oxygens (including phenoxy) is 1. The Morgan fingerprint density at radius 3 is 2.79 bits per heavy atom. The van der Waals surface area contributed by atoms with Crippen LogP contribution in [-0.2, 0) is 22.6 Å². The monoisotopic (exact) mass is 469 g/mol. The van der Waals surface area contributed by atoms with Crippen molar-refractivity contribution in [2.75, 3.05) is 23.0 Å². The van der Waals surface area contributed by atoms with E-state index >= 15 is 0 Å². The largest absolute Gasteiger partial charge is 0.378 e. The number of hydrogen-bond donors (Lipinski definition) is 2. The van der Waals surface area contributed by atoms with Crippen LogP contribution in [0.3, 0.4) is 0 Å². The number of carbonyl (C=O) groups is 1. The molecule has 1 fully saturated rings. The smallest absolute Gasteiger partial charge is 0.234 e. The number of amides is 1. The summed E-state index contributed by atoms with van der Waals surface area (Å²) < 4.78 is 21.0. The molecule has 0 radical (unpaired) electrons. The molecule has 0 spiro atoms. The maximum absolute atomic E-state index is 13.2. The summed E-state index contributed by atoms with van der Waals surface area (Å²) in [5.41, 5.74) is 3.74. The highest BCUT2D eigenvalue weighted by atomic mass is 32.2. The van der Waals surface area contributed by atoms with Crippen molar-refractivity contribution in [1.29, 1.82) is 0 Å². The van der Waals surface area contributed by atoms with E-state index in [1.54, 1.807) is 12.1 Å². The van der Waals surface area contributed by atoms with Crippen LogP contribution in [0.15, 0.2) is 47.6 Å². The van der Waals surface area contributed by atoms with Crippen LogP contribution in [0, 0.1) is 19.7 Å². The molecular weight excluding hydrogens is 441 g/mol. The van der Waals surface area contributed by atoms with Crippen molar-refractivity contribution in [3.05, 3.63) is 65.2 Å². The van der Waals surface area contributed by atoms with Crippen molar-refractivity contribution in [3.63, 3.8) is 0 Å². The summed E-state index contributed by atoms with van der Waals surface area (Å²) in [6, 6.07) is 12.2. The summed E-state index contributed by atoms with van der Waals surface area (Å²) in [6.45, 7) is 5.80. The highest BCUT2D eigenvalue weighted by molar-refractivity contribution is 7.99. The summed E-state index contributed by atoms with van der Waals surface area (Å²) in [4.78, 5) is 12.6. The molecule has 3 aromatic rings. The molecule has 1 aliphatic rings. The van der Waals surface area contributed by atoms with Crippen LogP contribution in [0.1, 0.15) is 29.8 Å². The molecule has 4 rings (SSSR count). The molecule has 0 saturated carbocycles. The van der Waals surface area contributed by atoms with Crippen LogP contribution in [0.2, 0.25) is 0 Å². The molecule has 1 aromatic heterocycles. The molecule has 2 aromatic carbocycles. The number of thioether (sulfide) groups is 1. The predicted molar refractivity (Wildman–Crippen MR) is 128 cm³/mol. The average Bonchev–Trinajstić information content (AvgIpc) is 3.45. The van der Waals surface area contributed by atoms with Crippen LogP contribution < -0.4 is 10.6 Å². The first-order chi connectivity index (χ1) is 16.0. The maximum atomic E-state index is 13.2. The summed E-state index contributed by atoms with van der Waals surface area (Å²) in [6.07, 6.45) is 2.13. The SMILES string of the molecule is Cc1ccc(C)c(NC(=O)CSc2nnc(CNc3ccc(F)cc3)n2C[C@@H]2CCCO2)c1. The molecule has 1 atom stereocenters. The van der Waals surface area contributed by atoms with E-state index in [0.717, 1.165) is 47.8 Å². The summed E-state index contributed by atoms with van der Waals surface area (Å²) >= 11 is 1.36. The van der Waals surface area contributed by atoms with Gasteiger partial charge in [0.25, 0.3) is 0 Å². The minimum atomic E-state index is -0.278. The van der Waals surface area contributed by atoms with Crippen LogP contribution in [0.25, 0.3) is 0 Å². The van der Waals surface area contributed by atoms with Gasteiger partial charge in [0.1, 0.15) is 5.82 Å². The fourth-order valence-corrected chi connectivity index (χ4v) is 4.43. The Hall–Kier alpha value is -2.91. The fourth-order valence-electron chi connectivity index (χ4n) is 3.67. The van der Waals surface area contributed by atoms with Gasteiger partial charge in [-0.15, -0.1) is 10.2 Å². The van der Waals surface area contributed by atoms with Gasteiger partial charge in [0.2, 0.25) is 5.91 Å². The molecule has 174 valence electrons. The fraction of sp³-hybridized carbons (Fsp3) is 0.375. The molecule has 1 saturated heterocycles. The van der Waals surface area contributed by atoms with Gasteiger partial charge in [0, 0.05) is 18.0 Å². The van der Waals surface area contributed by atoms with Crippen molar-refractivity contribution in [2.24, 2.45) is 0 Å². The Labute approximate surface area is 197 Å². The van der Waals surface area contributed by atoms with E-state index in [4.69, 9.17) is 4.74 Å². The highest BCUT2D eigenvalue weighted by Crippen LogP contribution is 2.23. The number of rotatable bonds is 9. The topological polar surface area (TPSA) is 81.1 Å². The van der Waals surface area contributed by atoms with E-state index in [2.05, 4.69) is 20.8 Å².